The summed E-state index contributed by atoms with van der Waals surface area (Å²) in [6.07, 6.45) is 4.09. The van der Waals surface area contributed by atoms with Gasteiger partial charge in [0.25, 0.3) is 7.82 Å². The molecule has 0 radical (unpaired) electrons. The third-order valence-electron chi connectivity index (χ3n) is 4.52. The molecule has 0 aliphatic heterocycles. The Labute approximate surface area is 158 Å². The quantitative estimate of drug-likeness (QED) is 0.199. The van der Waals surface area contributed by atoms with E-state index in [1.54, 1.807) is 6.92 Å². The lowest BCUT2D eigenvalue weighted by Crippen LogP contribution is -2.57. The van der Waals surface area contributed by atoms with Crippen LogP contribution in [0, 0.1) is 0 Å². The Kier molecular flexibility index (Phi) is 12.3. The molecule has 0 aromatic carbocycles. The molecule has 0 aromatic rings. The Balaban J connectivity index is 5.22. The van der Waals surface area contributed by atoms with Crippen LogP contribution in [0.25, 0.3) is 0 Å². The Bertz CT molecular complexity index is 459. The number of hydrogen-bond acceptors (Lipinski definition) is 5. The fraction of sp³-hybridized carbons (Fsp3) is 0.833. The summed E-state index contributed by atoms with van der Waals surface area (Å²) < 4.78 is 21.6. The van der Waals surface area contributed by atoms with E-state index in [1.165, 1.54) is 0 Å². The zero-order chi connectivity index (χ0) is 20.2. The van der Waals surface area contributed by atoms with Gasteiger partial charge in [-0.2, -0.15) is 0 Å². The van der Waals surface area contributed by atoms with Gasteiger partial charge in [-0.3, -0.25) is 4.57 Å². The normalized spacial score (nSPS) is 15.3. The molecule has 1 N–H and O–H groups in total. The van der Waals surface area contributed by atoms with E-state index in [4.69, 9.17) is 9.63 Å². The molecule has 26 heavy (non-hydrogen) atoms. The van der Waals surface area contributed by atoms with Gasteiger partial charge >= 0.3 is 5.97 Å². The van der Waals surface area contributed by atoms with Gasteiger partial charge in [0.15, 0.2) is 0 Å². The summed E-state index contributed by atoms with van der Waals surface area (Å²) in [5.41, 5.74) is 0.355. The van der Waals surface area contributed by atoms with E-state index in [0.717, 1.165) is 43.4 Å². The van der Waals surface area contributed by atoms with E-state index in [9.17, 15) is 14.3 Å². The Hall–Kier alpha value is -0.720. The molecule has 0 spiro atoms. The van der Waals surface area contributed by atoms with E-state index >= 15 is 0 Å². The van der Waals surface area contributed by atoms with Crippen molar-refractivity contribution in [3.05, 3.63) is 12.2 Å². The highest BCUT2D eigenvalue weighted by molar-refractivity contribution is 7.44. The third kappa shape index (κ3) is 9.83. The first kappa shape index (κ1) is 25.3. The minimum Gasteiger partial charge on any atom is -0.756 e. The van der Waals surface area contributed by atoms with Crippen molar-refractivity contribution in [3.8, 4) is 0 Å². The SMILES string of the molecule is C=C(C)C(=O)OCCC(CCOP(=O)([O-])O)[N+](CCC)(CCC)CCC. The third-order valence-corrected chi connectivity index (χ3v) is 5.03. The minimum atomic E-state index is -4.73. The predicted molar refractivity (Wildman–Crippen MR) is 100 cm³/mol. The van der Waals surface area contributed by atoms with Gasteiger partial charge in [-0.25, -0.2) is 4.79 Å². The highest BCUT2D eigenvalue weighted by atomic mass is 31.2. The number of phosphoric ester groups is 1. The van der Waals surface area contributed by atoms with Gasteiger partial charge in [-0.05, 0) is 26.2 Å². The van der Waals surface area contributed by atoms with Crippen LogP contribution in [0.4, 0.5) is 0 Å². The van der Waals surface area contributed by atoms with Crippen LogP contribution in [0.2, 0.25) is 0 Å². The highest BCUT2D eigenvalue weighted by Crippen LogP contribution is 2.32. The van der Waals surface area contributed by atoms with Crippen molar-refractivity contribution in [2.24, 2.45) is 0 Å². The van der Waals surface area contributed by atoms with Crippen molar-refractivity contribution in [2.75, 3.05) is 32.8 Å². The number of hydrogen-bond donors (Lipinski definition) is 1. The molecule has 154 valence electrons. The van der Waals surface area contributed by atoms with Crippen molar-refractivity contribution in [2.45, 2.75) is 65.8 Å². The Morgan fingerprint density at radius 3 is 1.96 bits per heavy atom. The second-order valence-corrected chi connectivity index (χ2v) is 8.03. The number of nitrogens with zero attached hydrogens (tertiary/aromatic N) is 1. The molecule has 2 atom stereocenters. The summed E-state index contributed by atoms with van der Waals surface area (Å²) in [5.74, 6) is -0.418. The number of quaternary nitrogens is 1. The first-order valence-corrected chi connectivity index (χ1v) is 11.0. The van der Waals surface area contributed by atoms with Crippen molar-refractivity contribution in [1.82, 2.24) is 0 Å². The van der Waals surface area contributed by atoms with Crippen molar-refractivity contribution >= 4 is 13.8 Å². The maximum atomic E-state index is 11.6. The Morgan fingerprint density at radius 2 is 1.58 bits per heavy atom. The molecule has 0 aromatic heterocycles. The van der Waals surface area contributed by atoms with Gasteiger partial charge in [0, 0.05) is 18.4 Å². The lowest BCUT2D eigenvalue weighted by Gasteiger charge is -2.45. The summed E-state index contributed by atoms with van der Waals surface area (Å²) in [5, 5.41) is 0. The maximum absolute atomic E-state index is 11.6. The molecular weight excluding hydrogens is 357 g/mol. The predicted octanol–water partition coefficient (Wildman–Crippen LogP) is 2.78. The standard InChI is InChI=1S/C18H36NO6P/c1-6-11-19(12-7-2,13-8-3)17(10-15-25-26(21,22)23)9-14-24-18(20)16(4)5/h17H,4,6-15H2,1-3,5H3,(H-,21,22,23). The van der Waals surface area contributed by atoms with Crippen LogP contribution < -0.4 is 4.89 Å². The molecule has 2 unspecified atom stereocenters. The van der Waals surface area contributed by atoms with Gasteiger partial charge in [0.2, 0.25) is 0 Å². The molecule has 0 saturated carbocycles. The fourth-order valence-electron chi connectivity index (χ4n) is 3.63. The molecule has 0 heterocycles. The van der Waals surface area contributed by atoms with Crippen LogP contribution in [0.5, 0.6) is 0 Å². The average molecular weight is 393 g/mol. The molecule has 0 aliphatic rings. The van der Waals surface area contributed by atoms with E-state index in [1.807, 2.05) is 0 Å². The van der Waals surface area contributed by atoms with Gasteiger partial charge in [0.05, 0.1) is 38.9 Å². The number of ether oxygens (including phenoxy) is 1. The van der Waals surface area contributed by atoms with Crippen molar-refractivity contribution in [3.63, 3.8) is 0 Å². The molecular formula is C18H36NO6P. The summed E-state index contributed by atoms with van der Waals surface area (Å²) >= 11 is 0. The fourth-order valence-corrected chi connectivity index (χ4v) is 3.96. The first-order chi connectivity index (χ1) is 12.1. The molecule has 0 rings (SSSR count). The van der Waals surface area contributed by atoms with Crippen molar-refractivity contribution < 1.29 is 32.9 Å². The van der Waals surface area contributed by atoms with Crippen LogP contribution in [0.15, 0.2) is 12.2 Å². The van der Waals surface area contributed by atoms with Crippen LogP contribution in [-0.4, -0.2) is 54.2 Å². The lowest BCUT2D eigenvalue weighted by molar-refractivity contribution is -0.952. The first-order valence-electron chi connectivity index (χ1n) is 9.48. The zero-order valence-electron chi connectivity index (χ0n) is 16.7. The van der Waals surface area contributed by atoms with Crippen LogP contribution in [0.1, 0.15) is 59.8 Å². The molecule has 0 amide bonds. The van der Waals surface area contributed by atoms with Crippen LogP contribution >= 0.6 is 7.82 Å². The van der Waals surface area contributed by atoms with Gasteiger partial charge in [0.1, 0.15) is 0 Å². The maximum Gasteiger partial charge on any atom is 0.333 e. The molecule has 0 bridgehead atoms. The summed E-state index contributed by atoms with van der Waals surface area (Å²) in [6.45, 7) is 14.6. The van der Waals surface area contributed by atoms with Crippen molar-refractivity contribution in [1.29, 1.82) is 0 Å². The van der Waals surface area contributed by atoms with E-state index < -0.39 is 13.8 Å². The van der Waals surface area contributed by atoms with Crippen LogP contribution in [0.3, 0.4) is 0 Å². The number of carbonyl (C=O) groups excluding carboxylic acids is 1. The number of rotatable bonds is 15. The highest BCUT2D eigenvalue weighted by Gasteiger charge is 2.34. The molecule has 0 fully saturated rings. The summed E-state index contributed by atoms with van der Waals surface area (Å²) in [4.78, 5) is 31.4. The smallest absolute Gasteiger partial charge is 0.333 e. The molecule has 7 nitrogen and oxygen atoms in total. The van der Waals surface area contributed by atoms with E-state index in [0.29, 0.717) is 18.4 Å². The second-order valence-electron chi connectivity index (χ2n) is 6.84. The van der Waals surface area contributed by atoms with E-state index in [-0.39, 0.29) is 19.3 Å². The number of phosphoric acid groups is 1. The number of carbonyl (C=O) groups is 1. The largest absolute Gasteiger partial charge is 0.756 e. The van der Waals surface area contributed by atoms with E-state index in [2.05, 4.69) is 31.9 Å². The van der Waals surface area contributed by atoms with Crippen LogP contribution in [-0.2, 0) is 18.6 Å². The Morgan fingerprint density at radius 1 is 1.12 bits per heavy atom. The topological polar surface area (TPSA) is 95.9 Å². The van der Waals surface area contributed by atoms with Gasteiger partial charge < -0.3 is 23.5 Å². The summed E-state index contributed by atoms with van der Waals surface area (Å²) in [6, 6.07) is 0.0827. The average Bonchev–Trinajstić information content (AvgIpc) is 2.52. The molecule has 0 saturated heterocycles. The minimum absolute atomic E-state index is 0.0759. The monoisotopic (exact) mass is 393 g/mol. The number of esters is 1. The summed E-state index contributed by atoms with van der Waals surface area (Å²) in [7, 11) is -4.73. The molecule has 0 aliphatic carbocycles. The molecule has 8 heteroatoms. The van der Waals surface area contributed by atoms with Gasteiger partial charge in [-0.15, -0.1) is 0 Å². The second kappa shape index (κ2) is 12.6. The zero-order valence-corrected chi connectivity index (χ0v) is 17.6. The lowest BCUT2D eigenvalue weighted by atomic mass is 10.0. The van der Waals surface area contributed by atoms with Gasteiger partial charge in [-0.1, -0.05) is 27.4 Å².